The zero-order valence-electron chi connectivity index (χ0n) is 7.84. The molecule has 0 saturated carbocycles. The first kappa shape index (κ1) is 8.69. The van der Waals surface area contributed by atoms with E-state index in [0.717, 1.165) is 5.69 Å². The fourth-order valence-electron chi connectivity index (χ4n) is 1.10. The lowest BCUT2D eigenvalue weighted by molar-refractivity contribution is 0.459. The van der Waals surface area contributed by atoms with Crippen molar-refractivity contribution in [3.63, 3.8) is 0 Å². The number of hydrogen-bond acceptors (Lipinski definition) is 3. The number of aromatic nitrogens is 2. The van der Waals surface area contributed by atoms with E-state index in [4.69, 9.17) is 4.74 Å². The van der Waals surface area contributed by atoms with Gasteiger partial charge in [0.05, 0.1) is 6.20 Å². The maximum atomic E-state index is 5.49. The van der Waals surface area contributed by atoms with E-state index >= 15 is 0 Å². The van der Waals surface area contributed by atoms with E-state index in [0.29, 0.717) is 11.6 Å². The summed E-state index contributed by atoms with van der Waals surface area (Å²) >= 11 is 0. The van der Waals surface area contributed by atoms with Crippen LogP contribution in [0.3, 0.4) is 0 Å². The van der Waals surface area contributed by atoms with Crippen molar-refractivity contribution in [3.05, 3.63) is 48.4 Å². The standard InChI is InChI=1S/C11H10N2O/c1-9-4-2-6-11(13-9)14-10-5-3-7-12-8-10/h2-8H,1H3. The Kier molecular flexibility index (Phi) is 2.40. The van der Waals surface area contributed by atoms with Gasteiger partial charge in [-0.05, 0) is 25.1 Å². The Balaban J connectivity index is 2.19. The van der Waals surface area contributed by atoms with Crippen LogP contribution in [0.2, 0.25) is 0 Å². The largest absolute Gasteiger partial charge is 0.437 e. The molecule has 0 amide bonds. The molecule has 2 heterocycles. The molecule has 0 N–H and O–H groups in total. The van der Waals surface area contributed by atoms with Crippen LogP contribution in [0.15, 0.2) is 42.7 Å². The molecule has 2 rings (SSSR count). The lowest BCUT2D eigenvalue weighted by Crippen LogP contribution is -1.89. The van der Waals surface area contributed by atoms with E-state index in [1.54, 1.807) is 12.4 Å². The predicted molar refractivity (Wildman–Crippen MR) is 53.3 cm³/mol. The van der Waals surface area contributed by atoms with Crippen LogP contribution in [0.4, 0.5) is 0 Å². The van der Waals surface area contributed by atoms with Crippen LogP contribution < -0.4 is 4.74 Å². The molecular weight excluding hydrogens is 176 g/mol. The molecule has 0 aliphatic rings. The van der Waals surface area contributed by atoms with Crippen LogP contribution in [0.5, 0.6) is 11.6 Å². The number of pyridine rings is 2. The zero-order valence-corrected chi connectivity index (χ0v) is 7.84. The van der Waals surface area contributed by atoms with Crippen molar-refractivity contribution < 1.29 is 4.74 Å². The number of rotatable bonds is 2. The first-order valence-electron chi connectivity index (χ1n) is 4.36. The van der Waals surface area contributed by atoms with Crippen molar-refractivity contribution in [1.82, 2.24) is 9.97 Å². The van der Waals surface area contributed by atoms with Crippen molar-refractivity contribution in [1.29, 1.82) is 0 Å². The van der Waals surface area contributed by atoms with E-state index in [-0.39, 0.29) is 0 Å². The van der Waals surface area contributed by atoms with Crippen molar-refractivity contribution in [2.24, 2.45) is 0 Å². The molecule has 0 aromatic carbocycles. The quantitative estimate of drug-likeness (QED) is 0.723. The summed E-state index contributed by atoms with van der Waals surface area (Å²) in [5, 5.41) is 0. The van der Waals surface area contributed by atoms with Gasteiger partial charge in [0, 0.05) is 18.0 Å². The highest BCUT2D eigenvalue weighted by Crippen LogP contribution is 2.17. The Morgan fingerprint density at radius 1 is 1.14 bits per heavy atom. The Morgan fingerprint density at radius 3 is 2.79 bits per heavy atom. The summed E-state index contributed by atoms with van der Waals surface area (Å²) in [6.07, 6.45) is 3.36. The van der Waals surface area contributed by atoms with Crippen LogP contribution in [-0.4, -0.2) is 9.97 Å². The molecule has 0 aliphatic heterocycles. The topological polar surface area (TPSA) is 35.0 Å². The van der Waals surface area contributed by atoms with Crippen molar-refractivity contribution in [2.45, 2.75) is 6.92 Å². The van der Waals surface area contributed by atoms with Crippen molar-refractivity contribution in [3.8, 4) is 11.6 Å². The normalized spacial score (nSPS) is 9.79. The van der Waals surface area contributed by atoms with E-state index in [2.05, 4.69) is 9.97 Å². The number of ether oxygens (including phenoxy) is 1. The minimum atomic E-state index is 0.595. The molecule has 0 saturated heterocycles. The first-order valence-corrected chi connectivity index (χ1v) is 4.36. The van der Waals surface area contributed by atoms with Crippen LogP contribution in [-0.2, 0) is 0 Å². The molecule has 0 aliphatic carbocycles. The Labute approximate surface area is 82.4 Å². The van der Waals surface area contributed by atoms with Gasteiger partial charge in [-0.3, -0.25) is 4.98 Å². The van der Waals surface area contributed by atoms with Crippen LogP contribution in [0.1, 0.15) is 5.69 Å². The lowest BCUT2D eigenvalue weighted by Gasteiger charge is -2.03. The van der Waals surface area contributed by atoms with Gasteiger partial charge in [-0.25, -0.2) is 4.98 Å². The summed E-state index contributed by atoms with van der Waals surface area (Å²) in [5.74, 6) is 1.30. The summed E-state index contributed by atoms with van der Waals surface area (Å²) in [5.41, 5.74) is 0.936. The molecule has 0 radical (unpaired) electrons. The van der Waals surface area contributed by atoms with Gasteiger partial charge in [-0.1, -0.05) is 6.07 Å². The first-order chi connectivity index (χ1) is 6.84. The van der Waals surface area contributed by atoms with Crippen LogP contribution >= 0.6 is 0 Å². The fraction of sp³-hybridized carbons (Fsp3) is 0.0909. The molecular formula is C11H10N2O. The third-order valence-electron chi connectivity index (χ3n) is 1.72. The van der Waals surface area contributed by atoms with Crippen LogP contribution in [0, 0.1) is 6.92 Å². The van der Waals surface area contributed by atoms with Gasteiger partial charge < -0.3 is 4.74 Å². The molecule has 2 aromatic heterocycles. The summed E-state index contributed by atoms with van der Waals surface area (Å²) in [7, 11) is 0. The molecule has 0 spiro atoms. The summed E-state index contributed by atoms with van der Waals surface area (Å²) < 4.78 is 5.49. The second-order valence-corrected chi connectivity index (χ2v) is 2.91. The molecule has 14 heavy (non-hydrogen) atoms. The average molecular weight is 186 g/mol. The summed E-state index contributed by atoms with van der Waals surface area (Å²) in [4.78, 5) is 8.17. The van der Waals surface area contributed by atoms with Gasteiger partial charge in [-0.2, -0.15) is 0 Å². The molecule has 0 atom stereocenters. The molecule has 3 heteroatoms. The van der Waals surface area contributed by atoms with E-state index in [9.17, 15) is 0 Å². The minimum absolute atomic E-state index is 0.595. The lowest BCUT2D eigenvalue weighted by atomic mass is 10.4. The highest BCUT2D eigenvalue weighted by atomic mass is 16.5. The SMILES string of the molecule is Cc1cccc(Oc2cccnc2)n1. The average Bonchev–Trinajstić information content (AvgIpc) is 2.19. The van der Waals surface area contributed by atoms with Crippen molar-refractivity contribution in [2.75, 3.05) is 0 Å². The number of aryl methyl sites for hydroxylation is 1. The smallest absolute Gasteiger partial charge is 0.219 e. The Morgan fingerprint density at radius 2 is 2.07 bits per heavy atom. The molecule has 2 aromatic rings. The highest BCUT2D eigenvalue weighted by molar-refractivity contribution is 5.24. The van der Waals surface area contributed by atoms with Gasteiger partial charge >= 0.3 is 0 Å². The Hall–Kier alpha value is -1.90. The third kappa shape index (κ3) is 2.07. The minimum Gasteiger partial charge on any atom is -0.437 e. The highest BCUT2D eigenvalue weighted by Gasteiger charge is 1.97. The fourth-order valence-corrected chi connectivity index (χ4v) is 1.10. The number of hydrogen-bond donors (Lipinski definition) is 0. The maximum absolute atomic E-state index is 5.49. The monoisotopic (exact) mass is 186 g/mol. The third-order valence-corrected chi connectivity index (χ3v) is 1.72. The van der Waals surface area contributed by atoms with E-state index < -0.39 is 0 Å². The molecule has 70 valence electrons. The second kappa shape index (κ2) is 3.87. The van der Waals surface area contributed by atoms with E-state index in [1.165, 1.54) is 0 Å². The predicted octanol–water partition coefficient (Wildman–Crippen LogP) is 2.58. The molecule has 3 nitrogen and oxygen atoms in total. The maximum Gasteiger partial charge on any atom is 0.219 e. The van der Waals surface area contributed by atoms with Crippen LogP contribution in [0.25, 0.3) is 0 Å². The molecule has 0 bridgehead atoms. The van der Waals surface area contributed by atoms with Gasteiger partial charge in [-0.15, -0.1) is 0 Å². The molecule has 0 unspecified atom stereocenters. The van der Waals surface area contributed by atoms with Gasteiger partial charge in [0.15, 0.2) is 0 Å². The van der Waals surface area contributed by atoms with Crippen molar-refractivity contribution >= 4 is 0 Å². The zero-order chi connectivity index (χ0) is 9.80. The summed E-state index contributed by atoms with van der Waals surface area (Å²) in [6.45, 7) is 1.93. The van der Waals surface area contributed by atoms with Gasteiger partial charge in [0.25, 0.3) is 0 Å². The number of nitrogens with zero attached hydrogens (tertiary/aromatic N) is 2. The summed E-state index contributed by atoms with van der Waals surface area (Å²) in [6, 6.07) is 9.33. The van der Waals surface area contributed by atoms with Gasteiger partial charge in [0.1, 0.15) is 5.75 Å². The van der Waals surface area contributed by atoms with E-state index in [1.807, 2.05) is 37.3 Å². The second-order valence-electron chi connectivity index (χ2n) is 2.91. The van der Waals surface area contributed by atoms with Gasteiger partial charge in [0.2, 0.25) is 5.88 Å². The molecule has 0 fully saturated rings. The Bertz CT molecular complexity index is 415.